The molecule has 6 heteroatoms. The number of aryl methyl sites for hydroxylation is 1. The van der Waals surface area contributed by atoms with E-state index in [0.29, 0.717) is 5.56 Å². The molecule has 0 aliphatic carbocycles. The molecule has 0 bridgehead atoms. The summed E-state index contributed by atoms with van der Waals surface area (Å²) >= 11 is 0. The van der Waals surface area contributed by atoms with Crippen molar-refractivity contribution in [1.29, 1.82) is 0 Å². The van der Waals surface area contributed by atoms with Crippen LogP contribution in [0.25, 0.3) is 0 Å². The molecule has 2 fully saturated rings. The second-order valence-electron chi connectivity index (χ2n) is 6.90. The monoisotopic (exact) mass is 320 g/mol. The van der Waals surface area contributed by atoms with Gasteiger partial charge in [-0.3, -0.25) is 14.4 Å². The summed E-state index contributed by atoms with van der Waals surface area (Å²) in [5.74, 6) is 0.920. The van der Waals surface area contributed by atoms with Gasteiger partial charge < -0.3 is 9.64 Å². The predicted octanol–water partition coefficient (Wildman–Crippen LogP) is 1.38. The maximum Gasteiger partial charge on any atom is 0.257 e. The number of nitrogens with zero attached hydrogens (tertiary/aromatic N) is 4. The fourth-order valence-corrected chi connectivity index (χ4v) is 3.64. The van der Waals surface area contributed by atoms with Gasteiger partial charge in [-0.05, 0) is 38.6 Å². The van der Waals surface area contributed by atoms with E-state index in [1.165, 1.54) is 19.3 Å². The number of amides is 1. The molecule has 1 amide bonds. The molecular weight excluding hydrogens is 292 g/mol. The molecule has 2 saturated heterocycles. The summed E-state index contributed by atoms with van der Waals surface area (Å²) in [6.45, 7) is 7.89. The summed E-state index contributed by atoms with van der Waals surface area (Å²) in [5, 5.41) is 4.10. The van der Waals surface area contributed by atoms with E-state index in [0.717, 1.165) is 45.3 Å². The highest BCUT2D eigenvalue weighted by atomic mass is 16.5. The molecule has 0 saturated carbocycles. The summed E-state index contributed by atoms with van der Waals surface area (Å²) in [6.07, 6.45) is 7.12. The van der Waals surface area contributed by atoms with Crippen LogP contribution in [0.15, 0.2) is 12.4 Å². The van der Waals surface area contributed by atoms with Crippen molar-refractivity contribution < 1.29 is 9.53 Å². The van der Waals surface area contributed by atoms with Gasteiger partial charge in [-0.25, -0.2) is 0 Å². The number of carbonyl (C=O) groups is 1. The quantitative estimate of drug-likeness (QED) is 0.841. The van der Waals surface area contributed by atoms with Crippen LogP contribution in [-0.2, 0) is 11.8 Å². The van der Waals surface area contributed by atoms with Gasteiger partial charge in [-0.15, -0.1) is 0 Å². The molecule has 3 heterocycles. The molecule has 6 nitrogen and oxygen atoms in total. The Hall–Kier alpha value is -1.40. The summed E-state index contributed by atoms with van der Waals surface area (Å²) in [7, 11) is 1.84. The zero-order valence-electron chi connectivity index (χ0n) is 14.3. The maximum atomic E-state index is 12.6. The minimum absolute atomic E-state index is 0.106. The molecule has 128 valence electrons. The van der Waals surface area contributed by atoms with Crippen LogP contribution in [0.5, 0.6) is 0 Å². The number of aromatic nitrogens is 2. The van der Waals surface area contributed by atoms with Crippen LogP contribution in [0, 0.1) is 5.92 Å². The van der Waals surface area contributed by atoms with Crippen molar-refractivity contribution in [2.75, 3.05) is 39.4 Å². The lowest BCUT2D eigenvalue weighted by molar-refractivity contribution is 0.0407. The average molecular weight is 320 g/mol. The van der Waals surface area contributed by atoms with Crippen LogP contribution in [0.2, 0.25) is 0 Å². The van der Waals surface area contributed by atoms with Gasteiger partial charge in [0.2, 0.25) is 0 Å². The largest absolute Gasteiger partial charge is 0.381 e. The Morgan fingerprint density at radius 2 is 2.13 bits per heavy atom. The molecule has 3 rings (SSSR count). The van der Waals surface area contributed by atoms with E-state index in [1.807, 2.05) is 11.9 Å². The van der Waals surface area contributed by atoms with Crippen LogP contribution in [-0.4, -0.2) is 70.9 Å². The van der Waals surface area contributed by atoms with Gasteiger partial charge in [0.05, 0.1) is 11.8 Å². The number of hydrogen-bond donors (Lipinski definition) is 0. The minimum atomic E-state index is 0.106. The second-order valence-corrected chi connectivity index (χ2v) is 6.90. The number of ether oxygens (including phenoxy) is 1. The molecule has 1 atom stereocenters. The first-order valence-electron chi connectivity index (χ1n) is 8.73. The number of rotatable bonds is 4. The molecule has 0 radical (unpaired) electrons. The van der Waals surface area contributed by atoms with Gasteiger partial charge in [-0.1, -0.05) is 0 Å². The van der Waals surface area contributed by atoms with E-state index in [4.69, 9.17) is 4.74 Å². The minimum Gasteiger partial charge on any atom is -0.381 e. The zero-order chi connectivity index (χ0) is 16.2. The van der Waals surface area contributed by atoms with E-state index in [2.05, 4.69) is 16.9 Å². The topological polar surface area (TPSA) is 50.6 Å². The Kier molecular flexibility index (Phi) is 5.33. The highest BCUT2D eigenvalue weighted by Gasteiger charge is 2.29. The molecule has 1 aromatic heterocycles. The van der Waals surface area contributed by atoms with E-state index in [-0.39, 0.29) is 11.9 Å². The van der Waals surface area contributed by atoms with Crippen LogP contribution in [0.1, 0.15) is 36.5 Å². The Labute approximate surface area is 138 Å². The van der Waals surface area contributed by atoms with E-state index in [9.17, 15) is 4.79 Å². The Balaban J connectivity index is 1.48. The molecule has 0 N–H and O–H groups in total. The lowest BCUT2D eigenvalue weighted by atomic mass is 9.96. The highest BCUT2D eigenvalue weighted by Crippen LogP contribution is 2.20. The third-order valence-corrected chi connectivity index (χ3v) is 5.12. The number of hydrogen-bond acceptors (Lipinski definition) is 4. The first-order chi connectivity index (χ1) is 11.1. The first kappa shape index (κ1) is 16.5. The van der Waals surface area contributed by atoms with E-state index >= 15 is 0 Å². The summed E-state index contributed by atoms with van der Waals surface area (Å²) < 4.78 is 7.11. The molecule has 0 spiro atoms. The van der Waals surface area contributed by atoms with Crippen LogP contribution >= 0.6 is 0 Å². The number of carbonyl (C=O) groups excluding carboxylic acids is 1. The van der Waals surface area contributed by atoms with Crippen molar-refractivity contribution in [3.8, 4) is 0 Å². The van der Waals surface area contributed by atoms with Gasteiger partial charge >= 0.3 is 0 Å². The molecule has 23 heavy (non-hydrogen) atoms. The maximum absolute atomic E-state index is 12.6. The third kappa shape index (κ3) is 4.12. The van der Waals surface area contributed by atoms with Gasteiger partial charge in [0.25, 0.3) is 5.91 Å². The lowest BCUT2D eigenvalue weighted by Crippen LogP contribution is -2.54. The summed E-state index contributed by atoms with van der Waals surface area (Å²) in [4.78, 5) is 17.1. The lowest BCUT2D eigenvalue weighted by Gasteiger charge is -2.40. The molecule has 0 aromatic carbocycles. The van der Waals surface area contributed by atoms with Crippen molar-refractivity contribution in [3.05, 3.63) is 18.0 Å². The normalized spacial score (nSPS) is 24.1. The van der Waals surface area contributed by atoms with Crippen LogP contribution < -0.4 is 0 Å². The molecule has 2 aliphatic rings. The number of piperazine rings is 1. The van der Waals surface area contributed by atoms with Crippen molar-refractivity contribution >= 4 is 5.91 Å². The van der Waals surface area contributed by atoms with Gasteiger partial charge in [0, 0.05) is 52.1 Å². The third-order valence-electron chi connectivity index (χ3n) is 5.12. The van der Waals surface area contributed by atoms with Crippen molar-refractivity contribution in [3.63, 3.8) is 0 Å². The molecule has 2 aliphatic heterocycles. The Morgan fingerprint density at radius 3 is 2.78 bits per heavy atom. The standard InChI is InChI=1S/C17H28N4O2/c1-14-12-20(6-3-15-4-9-23-10-5-15)7-8-21(14)17(22)16-11-18-19(2)13-16/h11,13-15H,3-10,12H2,1-2H3/t14-/m0/s1. The molecule has 1 aromatic rings. The average Bonchev–Trinajstić information content (AvgIpc) is 3.00. The van der Waals surface area contributed by atoms with Gasteiger partial charge in [0.15, 0.2) is 0 Å². The van der Waals surface area contributed by atoms with Crippen LogP contribution in [0.4, 0.5) is 0 Å². The molecule has 0 unspecified atom stereocenters. The van der Waals surface area contributed by atoms with Gasteiger partial charge in [-0.2, -0.15) is 5.10 Å². The highest BCUT2D eigenvalue weighted by molar-refractivity contribution is 5.94. The van der Waals surface area contributed by atoms with Crippen LogP contribution in [0.3, 0.4) is 0 Å². The van der Waals surface area contributed by atoms with E-state index in [1.54, 1.807) is 17.1 Å². The summed E-state index contributed by atoms with van der Waals surface area (Å²) in [5.41, 5.74) is 0.690. The Bertz CT molecular complexity index is 524. The predicted molar refractivity (Wildman–Crippen MR) is 88.3 cm³/mol. The van der Waals surface area contributed by atoms with E-state index < -0.39 is 0 Å². The SMILES string of the molecule is C[C@H]1CN(CCC2CCOCC2)CCN1C(=O)c1cnn(C)c1. The zero-order valence-corrected chi connectivity index (χ0v) is 14.3. The fraction of sp³-hybridized carbons (Fsp3) is 0.765. The van der Waals surface area contributed by atoms with Crippen molar-refractivity contribution in [2.24, 2.45) is 13.0 Å². The van der Waals surface area contributed by atoms with Crippen molar-refractivity contribution in [1.82, 2.24) is 19.6 Å². The Morgan fingerprint density at radius 1 is 1.35 bits per heavy atom. The smallest absolute Gasteiger partial charge is 0.257 e. The molecular formula is C17H28N4O2. The second kappa shape index (κ2) is 7.45. The first-order valence-corrected chi connectivity index (χ1v) is 8.73. The summed E-state index contributed by atoms with van der Waals surface area (Å²) in [6, 6.07) is 0.256. The fourth-order valence-electron chi connectivity index (χ4n) is 3.64. The van der Waals surface area contributed by atoms with Crippen molar-refractivity contribution in [2.45, 2.75) is 32.2 Å². The van der Waals surface area contributed by atoms with Gasteiger partial charge in [0.1, 0.15) is 0 Å².